The minimum absolute atomic E-state index is 0.0207. The minimum Gasteiger partial charge on any atom is -0.491 e. The van der Waals surface area contributed by atoms with E-state index in [0.717, 1.165) is 6.42 Å². The maximum atomic E-state index is 11.6. The summed E-state index contributed by atoms with van der Waals surface area (Å²) in [5.41, 5.74) is 0.673. The number of carbonyl (C=O) groups excluding carboxylic acids is 1. The van der Waals surface area contributed by atoms with Gasteiger partial charge in [-0.25, -0.2) is 0 Å². The highest BCUT2D eigenvalue weighted by molar-refractivity contribution is 5.96. The van der Waals surface area contributed by atoms with Gasteiger partial charge in [0, 0.05) is 12.0 Å². The van der Waals surface area contributed by atoms with E-state index in [9.17, 15) is 4.79 Å². The summed E-state index contributed by atoms with van der Waals surface area (Å²) in [6.07, 6.45) is 1.41. The second-order valence-corrected chi connectivity index (χ2v) is 3.27. The van der Waals surface area contributed by atoms with Gasteiger partial charge in [-0.05, 0) is 18.6 Å². The zero-order valence-electron chi connectivity index (χ0n) is 8.90. The highest BCUT2D eigenvalue weighted by Crippen LogP contribution is 2.15. The number of ketones is 1. The number of hydrogen-bond acceptors (Lipinski definition) is 3. The van der Waals surface area contributed by atoms with Crippen LogP contribution in [0.1, 0.15) is 30.1 Å². The molecule has 0 bridgehead atoms. The van der Waals surface area contributed by atoms with Crippen LogP contribution >= 0.6 is 0 Å². The summed E-state index contributed by atoms with van der Waals surface area (Å²) >= 11 is 0. The van der Waals surface area contributed by atoms with Crippen molar-refractivity contribution in [3.63, 3.8) is 0 Å². The van der Waals surface area contributed by atoms with Gasteiger partial charge in [0.25, 0.3) is 0 Å². The molecule has 82 valence electrons. The fourth-order valence-corrected chi connectivity index (χ4v) is 1.29. The van der Waals surface area contributed by atoms with Crippen LogP contribution in [0.2, 0.25) is 0 Å². The molecule has 0 atom stereocenters. The van der Waals surface area contributed by atoms with Gasteiger partial charge in [-0.1, -0.05) is 19.1 Å². The molecule has 0 aromatic heterocycles. The first-order chi connectivity index (χ1) is 7.27. The monoisotopic (exact) mass is 208 g/mol. The number of hydrogen-bond donors (Lipinski definition) is 1. The van der Waals surface area contributed by atoms with Crippen LogP contribution in [0.4, 0.5) is 0 Å². The lowest BCUT2D eigenvalue weighted by Crippen LogP contribution is -2.03. The van der Waals surface area contributed by atoms with Crippen LogP contribution < -0.4 is 4.74 Å². The molecule has 1 rings (SSSR count). The number of ether oxygens (including phenoxy) is 1. The molecule has 0 saturated heterocycles. The normalized spacial score (nSPS) is 10.0. The van der Waals surface area contributed by atoms with Crippen molar-refractivity contribution in [3.8, 4) is 5.75 Å². The van der Waals surface area contributed by atoms with Crippen LogP contribution in [0.5, 0.6) is 5.75 Å². The molecule has 0 fully saturated rings. The molecule has 0 heterocycles. The number of carbonyl (C=O) groups is 1. The van der Waals surface area contributed by atoms with Gasteiger partial charge in [0.05, 0.1) is 6.61 Å². The van der Waals surface area contributed by atoms with E-state index in [1.54, 1.807) is 24.3 Å². The Bertz CT molecular complexity index is 320. The van der Waals surface area contributed by atoms with Crippen LogP contribution in [0.3, 0.4) is 0 Å². The number of benzene rings is 1. The van der Waals surface area contributed by atoms with E-state index in [0.29, 0.717) is 17.7 Å². The third-order valence-corrected chi connectivity index (χ3v) is 1.99. The van der Waals surface area contributed by atoms with Crippen LogP contribution in [0.25, 0.3) is 0 Å². The van der Waals surface area contributed by atoms with E-state index in [4.69, 9.17) is 9.84 Å². The van der Waals surface area contributed by atoms with Crippen LogP contribution in [-0.4, -0.2) is 24.1 Å². The Morgan fingerprint density at radius 3 is 2.93 bits per heavy atom. The molecule has 0 unspecified atom stereocenters. The van der Waals surface area contributed by atoms with Crippen molar-refractivity contribution in [3.05, 3.63) is 29.8 Å². The van der Waals surface area contributed by atoms with Gasteiger partial charge in [-0.3, -0.25) is 4.79 Å². The highest BCUT2D eigenvalue weighted by Gasteiger charge is 2.05. The van der Waals surface area contributed by atoms with Crippen LogP contribution in [0, 0.1) is 0 Å². The fraction of sp³-hybridized carbons (Fsp3) is 0.417. The number of aliphatic hydroxyl groups excluding tert-OH is 1. The first-order valence-corrected chi connectivity index (χ1v) is 5.15. The largest absolute Gasteiger partial charge is 0.491 e. The second-order valence-electron chi connectivity index (χ2n) is 3.27. The molecule has 1 aromatic rings. The second kappa shape index (κ2) is 6.19. The highest BCUT2D eigenvalue weighted by atomic mass is 16.5. The van der Waals surface area contributed by atoms with E-state index >= 15 is 0 Å². The standard InChI is InChI=1S/C12H16O3/c1-2-4-12(14)10-5-3-6-11(9-10)15-8-7-13/h3,5-6,9,13H,2,4,7-8H2,1H3. The third-order valence-electron chi connectivity index (χ3n) is 1.99. The molecule has 0 aliphatic carbocycles. The summed E-state index contributed by atoms with van der Waals surface area (Å²) in [7, 11) is 0. The van der Waals surface area contributed by atoms with Crippen molar-refractivity contribution in [2.45, 2.75) is 19.8 Å². The quantitative estimate of drug-likeness (QED) is 0.728. The minimum atomic E-state index is -0.0207. The number of Topliss-reactive ketones (excluding diaryl/α,β-unsaturated/α-hetero) is 1. The molecule has 0 saturated carbocycles. The van der Waals surface area contributed by atoms with Crippen LogP contribution in [-0.2, 0) is 0 Å². The van der Waals surface area contributed by atoms with Gasteiger partial charge in [-0.2, -0.15) is 0 Å². The van der Waals surface area contributed by atoms with Gasteiger partial charge in [0.15, 0.2) is 5.78 Å². The average molecular weight is 208 g/mol. The summed E-state index contributed by atoms with van der Waals surface area (Å²) in [5.74, 6) is 0.762. The molecule has 0 amide bonds. The molecule has 0 aliphatic heterocycles. The van der Waals surface area contributed by atoms with E-state index in [1.165, 1.54) is 0 Å². The Morgan fingerprint density at radius 2 is 2.27 bits per heavy atom. The van der Waals surface area contributed by atoms with Gasteiger partial charge in [-0.15, -0.1) is 0 Å². The zero-order valence-corrected chi connectivity index (χ0v) is 8.90. The molecule has 0 radical (unpaired) electrons. The van der Waals surface area contributed by atoms with E-state index in [-0.39, 0.29) is 19.0 Å². The third kappa shape index (κ3) is 3.72. The van der Waals surface area contributed by atoms with Gasteiger partial charge in [0.2, 0.25) is 0 Å². The maximum Gasteiger partial charge on any atom is 0.162 e. The Hall–Kier alpha value is -1.35. The van der Waals surface area contributed by atoms with Crippen molar-refractivity contribution >= 4 is 5.78 Å². The summed E-state index contributed by atoms with van der Waals surface area (Å²) in [6, 6.07) is 7.06. The molecular formula is C12H16O3. The summed E-state index contributed by atoms with van der Waals surface area (Å²) < 4.78 is 5.22. The molecule has 3 heteroatoms. The molecule has 0 spiro atoms. The molecule has 15 heavy (non-hydrogen) atoms. The summed E-state index contributed by atoms with van der Waals surface area (Å²) in [4.78, 5) is 11.6. The SMILES string of the molecule is CCCC(=O)c1cccc(OCCO)c1. The van der Waals surface area contributed by atoms with E-state index in [2.05, 4.69) is 0 Å². The van der Waals surface area contributed by atoms with Gasteiger partial charge < -0.3 is 9.84 Å². The molecule has 1 aromatic carbocycles. The lowest BCUT2D eigenvalue weighted by molar-refractivity contribution is 0.0981. The van der Waals surface area contributed by atoms with Crippen molar-refractivity contribution in [2.75, 3.05) is 13.2 Å². The van der Waals surface area contributed by atoms with Gasteiger partial charge in [0.1, 0.15) is 12.4 Å². The van der Waals surface area contributed by atoms with Crippen molar-refractivity contribution < 1.29 is 14.6 Å². The molecule has 1 N–H and O–H groups in total. The molecular weight excluding hydrogens is 192 g/mol. The lowest BCUT2D eigenvalue weighted by Gasteiger charge is -2.05. The van der Waals surface area contributed by atoms with Crippen LogP contribution in [0.15, 0.2) is 24.3 Å². The fourth-order valence-electron chi connectivity index (χ4n) is 1.29. The first-order valence-electron chi connectivity index (χ1n) is 5.15. The predicted octanol–water partition coefficient (Wildman–Crippen LogP) is 2.04. The van der Waals surface area contributed by atoms with Crippen molar-refractivity contribution in [1.82, 2.24) is 0 Å². The Balaban J connectivity index is 2.69. The smallest absolute Gasteiger partial charge is 0.162 e. The van der Waals surface area contributed by atoms with Crippen molar-refractivity contribution in [2.24, 2.45) is 0 Å². The average Bonchev–Trinajstić information content (AvgIpc) is 2.27. The van der Waals surface area contributed by atoms with Gasteiger partial charge >= 0.3 is 0 Å². The predicted molar refractivity (Wildman–Crippen MR) is 58.3 cm³/mol. The Kier molecular flexibility index (Phi) is 4.84. The summed E-state index contributed by atoms with van der Waals surface area (Å²) in [6.45, 7) is 2.21. The van der Waals surface area contributed by atoms with Crippen molar-refractivity contribution in [1.29, 1.82) is 0 Å². The molecule has 0 aliphatic rings. The topological polar surface area (TPSA) is 46.5 Å². The number of aliphatic hydroxyl groups is 1. The maximum absolute atomic E-state index is 11.6. The zero-order chi connectivity index (χ0) is 11.1. The summed E-state index contributed by atoms with van der Waals surface area (Å²) in [5, 5.41) is 8.60. The lowest BCUT2D eigenvalue weighted by atomic mass is 10.1. The first kappa shape index (κ1) is 11.7. The van der Waals surface area contributed by atoms with E-state index < -0.39 is 0 Å². The van der Waals surface area contributed by atoms with E-state index in [1.807, 2.05) is 6.92 Å². The Morgan fingerprint density at radius 1 is 1.47 bits per heavy atom. The molecule has 3 nitrogen and oxygen atoms in total. The number of rotatable bonds is 6. The Labute approximate surface area is 89.7 Å².